The summed E-state index contributed by atoms with van der Waals surface area (Å²) in [5.74, 6) is 2.68. The Morgan fingerprint density at radius 1 is 0.844 bits per heavy atom. The predicted octanol–water partition coefficient (Wildman–Crippen LogP) is 0.867. The number of aliphatic hydroxyl groups excluding tert-OH is 4. The van der Waals surface area contributed by atoms with E-state index in [9.17, 15) is 20.4 Å². The van der Waals surface area contributed by atoms with Crippen molar-refractivity contribution in [2.24, 2.45) is 5.92 Å². The van der Waals surface area contributed by atoms with E-state index >= 15 is 0 Å². The molecule has 0 spiro atoms. The van der Waals surface area contributed by atoms with Crippen molar-refractivity contribution in [2.75, 3.05) is 20.0 Å². The molecule has 0 bridgehead atoms. The molecule has 9 heteroatoms. The molecule has 1 fully saturated rings. The van der Waals surface area contributed by atoms with Crippen molar-refractivity contribution in [3.8, 4) is 28.7 Å². The smallest absolute Gasteiger partial charge is 0.231 e. The molecule has 4 unspecified atom stereocenters. The third-order valence-corrected chi connectivity index (χ3v) is 6.85. The maximum atomic E-state index is 10.3. The van der Waals surface area contributed by atoms with Crippen LogP contribution in [0.5, 0.6) is 28.7 Å². The zero-order chi connectivity index (χ0) is 22.0. The van der Waals surface area contributed by atoms with Crippen LogP contribution in [0.1, 0.15) is 29.6 Å². The van der Waals surface area contributed by atoms with E-state index in [-0.39, 0.29) is 31.8 Å². The molecule has 4 N–H and O–H groups in total. The standard InChI is InChI=1S/C23H24O9/c24-7-10-3-19(21(26)22(27)20(10)25)31-11-1-2-12-15(4-11)28-8-14-13-5-17-18(30-9-29-17)6-16(13)32-23(12)14/h1-2,4-6,10,14,19-27H,3,7-9H2/t10?,14?,19-,20-,21?,22+,23?/m1/s1. The van der Waals surface area contributed by atoms with E-state index < -0.39 is 30.3 Å². The van der Waals surface area contributed by atoms with Gasteiger partial charge in [-0.3, -0.25) is 0 Å². The SMILES string of the molecule is OCC1C[C@@H](Oc2ccc3c(c2)OCC2c4cc5c(cc4OC32)OCO5)C(O)[C@@H](O)[C@@H]1O. The Balaban J connectivity index is 1.23. The second kappa shape index (κ2) is 7.41. The molecular formula is C23H24O9. The van der Waals surface area contributed by atoms with E-state index in [4.69, 9.17) is 23.7 Å². The van der Waals surface area contributed by atoms with Gasteiger partial charge in [0.05, 0.1) is 18.6 Å². The molecule has 0 amide bonds. The monoisotopic (exact) mass is 444 g/mol. The molecule has 0 radical (unpaired) electrons. The highest BCUT2D eigenvalue weighted by Crippen LogP contribution is 2.54. The van der Waals surface area contributed by atoms with Gasteiger partial charge in [0.2, 0.25) is 6.79 Å². The third-order valence-electron chi connectivity index (χ3n) is 6.85. The fourth-order valence-electron chi connectivity index (χ4n) is 5.05. The molecule has 32 heavy (non-hydrogen) atoms. The first-order valence-corrected chi connectivity index (χ1v) is 10.7. The number of ether oxygens (including phenoxy) is 5. The highest BCUT2D eigenvalue weighted by molar-refractivity contribution is 5.57. The van der Waals surface area contributed by atoms with Gasteiger partial charge in [-0.1, -0.05) is 0 Å². The summed E-state index contributed by atoms with van der Waals surface area (Å²) in [5.41, 5.74) is 1.91. The minimum Gasteiger partial charge on any atom is -0.492 e. The van der Waals surface area contributed by atoms with E-state index in [0.717, 1.165) is 16.9 Å². The lowest BCUT2D eigenvalue weighted by Gasteiger charge is -2.39. The van der Waals surface area contributed by atoms with Crippen LogP contribution in [0.2, 0.25) is 0 Å². The van der Waals surface area contributed by atoms with Gasteiger partial charge in [0.1, 0.15) is 41.7 Å². The van der Waals surface area contributed by atoms with Gasteiger partial charge in [-0.05, 0) is 24.6 Å². The maximum absolute atomic E-state index is 10.3. The Labute approximate surface area is 183 Å². The Hall–Kier alpha value is -2.72. The van der Waals surface area contributed by atoms with Gasteiger partial charge in [0.25, 0.3) is 0 Å². The minimum atomic E-state index is -1.39. The minimum absolute atomic E-state index is 0.0286. The molecule has 7 atom stereocenters. The molecule has 170 valence electrons. The van der Waals surface area contributed by atoms with E-state index in [1.54, 1.807) is 12.1 Å². The summed E-state index contributed by atoms with van der Waals surface area (Å²) in [4.78, 5) is 0. The van der Waals surface area contributed by atoms with Gasteiger partial charge in [-0.15, -0.1) is 0 Å². The van der Waals surface area contributed by atoms with Crippen LogP contribution in [0.25, 0.3) is 0 Å². The van der Waals surface area contributed by atoms with Gasteiger partial charge >= 0.3 is 0 Å². The van der Waals surface area contributed by atoms with Crippen LogP contribution in [-0.2, 0) is 0 Å². The lowest BCUT2D eigenvalue weighted by atomic mass is 9.81. The van der Waals surface area contributed by atoms with Crippen molar-refractivity contribution in [2.45, 2.75) is 42.9 Å². The summed E-state index contributed by atoms with van der Waals surface area (Å²) < 4.78 is 29.1. The molecule has 0 saturated heterocycles. The number of benzene rings is 2. The van der Waals surface area contributed by atoms with Gasteiger partial charge in [-0.2, -0.15) is 0 Å². The molecule has 3 aliphatic heterocycles. The average molecular weight is 444 g/mol. The van der Waals surface area contributed by atoms with Gasteiger partial charge in [0, 0.05) is 35.8 Å². The summed E-state index contributed by atoms with van der Waals surface area (Å²) >= 11 is 0. The van der Waals surface area contributed by atoms with Crippen LogP contribution >= 0.6 is 0 Å². The highest BCUT2D eigenvalue weighted by Gasteiger charge is 2.45. The Bertz CT molecular complexity index is 1040. The van der Waals surface area contributed by atoms with Crippen LogP contribution < -0.4 is 23.7 Å². The number of fused-ring (bicyclic) bond motifs is 6. The predicted molar refractivity (Wildman–Crippen MR) is 108 cm³/mol. The Morgan fingerprint density at radius 2 is 1.66 bits per heavy atom. The summed E-state index contributed by atoms with van der Waals surface area (Å²) in [7, 11) is 0. The molecule has 1 saturated carbocycles. The van der Waals surface area contributed by atoms with E-state index in [1.807, 2.05) is 18.2 Å². The summed E-state index contributed by atoms with van der Waals surface area (Å²) in [6.45, 7) is 0.328. The lowest BCUT2D eigenvalue weighted by Crippen LogP contribution is -2.56. The second-order valence-electron chi connectivity index (χ2n) is 8.71. The summed E-state index contributed by atoms with van der Waals surface area (Å²) in [6.07, 6.45) is -4.62. The lowest BCUT2D eigenvalue weighted by molar-refractivity contribution is -0.156. The van der Waals surface area contributed by atoms with Crippen LogP contribution in [0, 0.1) is 5.92 Å². The van der Waals surface area contributed by atoms with Crippen LogP contribution in [-0.4, -0.2) is 64.8 Å². The zero-order valence-corrected chi connectivity index (χ0v) is 17.1. The van der Waals surface area contributed by atoms with Crippen molar-refractivity contribution in [1.29, 1.82) is 0 Å². The van der Waals surface area contributed by atoms with Gasteiger partial charge in [-0.25, -0.2) is 0 Å². The van der Waals surface area contributed by atoms with Crippen molar-refractivity contribution in [3.63, 3.8) is 0 Å². The van der Waals surface area contributed by atoms with Crippen LogP contribution in [0.3, 0.4) is 0 Å². The molecule has 6 rings (SSSR count). The van der Waals surface area contributed by atoms with E-state index in [2.05, 4.69) is 0 Å². The molecule has 4 aliphatic rings. The third kappa shape index (κ3) is 3.00. The van der Waals surface area contributed by atoms with Crippen molar-refractivity contribution >= 4 is 0 Å². The van der Waals surface area contributed by atoms with Crippen molar-refractivity contribution < 1.29 is 44.1 Å². The first-order chi connectivity index (χ1) is 15.5. The molecular weight excluding hydrogens is 420 g/mol. The largest absolute Gasteiger partial charge is 0.492 e. The second-order valence-corrected chi connectivity index (χ2v) is 8.71. The van der Waals surface area contributed by atoms with E-state index in [1.165, 1.54) is 0 Å². The first kappa shape index (κ1) is 19.9. The average Bonchev–Trinajstić information content (AvgIpc) is 3.41. The van der Waals surface area contributed by atoms with Crippen molar-refractivity contribution in [1.82, 2.24) is 0 Å². The van der Waals surface area contributed by atoms with Gasteiger partial charge in [0.15, 0.2) is 11.5 Å². The molecule has 1 aliphatic carbocycles. The molecule has 9 nitrogen and oxygen atoms in total. The molecule has 3 heterocycles. The molecule has 2 aromatic carbocycles. The quantitative estimate of drug-likeness (QED) is 0.545. The highest BCUT2D eigenvalue weighted by atomic mass is 16.7. The normalized spacial score (nSPS) is 34.1. The van der Waals surface area contributed by atoms with Gasteiger partial charge < -0.3 is 44.1 Å². The van der Waals surface area contributed by atoms with Crippen LogP contribution in [0.4, 0.5) is 0 Å². The Kier molecular flexibility index (Phi) is 4.62. The fourth-order valence-corrected chi connectivity index (χ4v) is 5.05. The summed E-state index contributed by atoms with van der Waals surface area (Å²) in [6, 6.07) is 9.19. The fraction of sp³-hybridized carbons (Fsp3) is 0.478. The Morgan fingerprint density at radius 3 is 2.47 bits per heavy atom. The zero-order valence-electron chi connectivity index (χ0n) is 17.1. The topological polar surface area (TPSA) is 127 Å². The summed E-state index contributed by atoms with van der Waals surface area (Å²) in [5, 5.41) is 39.9. The number of hydrogen-bond acceptors (Lipinski definition) is 9. The number of aliphatic hydroxyl groups is 4. The number of hydrogen-bond donors (Lipinski definition) is 4. The maximum Gasteiger partial charge on any atom is 0.231 e. The number of rotatable bonds is 3. The molecule has 0 aromatic heterocycles. The first-order valence-electron chi connectivity index (χ1n) is 10.7. The molecule has 2 aromatic rings. The van der Waals surface area contributed by atoms with Crippen molar-refractivity contribution in [3.05, 3.63) is 41.5 Å². The van der Waals surface area contributed by atoms with Crippen LogP contribution in [0.15, 0.2) is 30.3 Å². The van der Waals surface area contributed by atoms with E-state index in [0.29, 0.717) is 29.6 Å².